The van der Waals surface area contributed by atoms with Crippen LogP contribution in [-0.4, -0.2) is 12.1 Å². The van der Waals surface area contributed by atoms with E-state index in [4.69, 9.17) is 0 Å². The van der Waals surface area contributed by atoms with Crippen LogP contribution in [0.4, 0.5) is 0 Å². The van der Waals surface area contributed by atoms with E-state index in [9.17, 15) is 9.59 Å². The summed E-state index contributed by atoms with van der Waals surface area (Å²) in [7, 11) is 0. The average Bonchev–Trinajstić information content (AvgIpc) is 2.68. The number of ketones is 1. The number of carbonyl (C=O) groups is 2. The maximum Gasteiger partial charge on any atom is 0.193 e. The Labute approximate surface area is 157 Å². The van der Waals surface area contributed by atoms with Crippen molar-refractivity contribution in [3.63, 3.8) is 0 Å². The summed E-state index contributed by atoms with van der Waals surface area (Å²) in [6.45, 7) is 6.52. The standard InChI is InChI=1S/C24H30O2/c1-4-6-7-9-19-10-12-20(13-11-19)24(26)23-16-21(18(3)8-5-2)14-15-22(23)17-25/h10-18H,4-9H2,1-3H3. The third-order valence-corrected chi connectivity index (χ3v) is 5.02. The molecule has 2 rings (SSSR count). The third-order valence-electron chi connectivity index (χ3n) is 5.02. The van der Waals surface area contributed by atoms with Crippen molar-refractivity contribution < 1.29 is 9.59 Å². The van der Waals surface area contributed by atoms with Crippen molar-refractivity contribution in [3.8, 4) is 0 Å². The zero-order chi connectivity index (χ0) is 18.9. The molecule has 0 amide bonds. The van der Waals surface area contributed by atoms with E-state index >= 15 is 0 Å². The van der Waals surface area contributed by atoms with Crippen molar-refractivity contribution in [2.45, 2.75) is 65.2 Å². The monoisotopic (exact) mass is 350 g/mol. The van der Waals surface area contributed by atoms with Crippen LogP contribution in [0.1, 0.15) is 96.2 Å². The van der Waals surface area contributed by atoms with Gasteiger partial charge < -0.3 is 0 Å². The van der Waals surface area contributed by atoms with Gasteiger partial charge in [0, 0.05) is 16.7 Å². The van der Waals surface area contributed by atoms with Gasteiger partial charge in [-0.2, -0.15) is 0 Å². The predicted octanol–water partition coefficient (Wildman–Crippen LogP) is 6.37. The molecule has 2 nitrogen and oxygen atoms in total. The first kappa shape index (κ1) is 20.1. The molecule has 138 valence electrons. The van der Waals surface area contributed by atoms with E-state index in [0.29, 0.717) is 22.6 Å². The van der Waals surface area contributed by atoms with Gasteiger partial charge in [-0.15, -0.1) is 0 Å². The number of unbranched alkanes of at least 4 members (excludes halogenated alkanes) is 2. The highest BCUT2D eigenvalue weighted by atomic mass is 16.1. The van der Waals surface area contributed by atoms with E-state index in [2.05, 4.69) is 20.8 Å². The number of aldehydes is 1. The van der Waals surface area contributed by atoms with E-state index in [0.717, 1.165) is 31.1 Å². The third kappa shape index (κ3) is 5.14. The van der Waals surface area contributed by atoms with Gasteiger partial charge >= 0.3 is 0 Å². The molecule has 0 saturated heterocycles. The largest absolute Gasteiger partial charge is 0.298 e. The molecule has 1 unspecified atom stereocenters. The Morgan fingerprint density at radius 1 is 1.00 bits per heavy atom. The second kappa shape index (κ2) is 10.1. The molecule has 0 aliphatic rings. The molecule has 2 aromatic carbocycles. The Bertz CT molecular complexity index is 728. The quantitative estimate of drug-likeness (QED) is 0.283. The normalized spacial score (nSPS) is 12.0. The van der Waals surface area contributed by atoms with Gasteiger partial charge in [-0.05, 0) is 42.4 Å². The van der Waals surface area contributed by atoms with Gasteiger partial charge in [-0.25, -0.2) is 0 Å². The lowest BCUT2D eigenvalue weighted by molar-refractivity contribution is 0.102. The first-order chi connectivity index (χ1) is 12.6. The molecule has 0 spiro atoms. The molecule has 2 heteroatoms. The van der Waals surface area contributed by atoms with Crippen LogP contribution in [0.5, 0.6) is 0 Å². The summed E-state index contributed by atoms with van der Waals surface area (Å²) in [6, 6.07) is 13.5. The van der Waals surface area contributed by atoms with Gasteiger partial charge in [0.05, 0.1) is 0 Å². The van der Waals surface area contributed by atoms with Crippen molar-refractivity contribution in [2.75, 3.05) is 0 Å². The molecule has 0 radical (unpaired) electrons. The lowest BCUT2D eigenvalue weighted by Crippen LogP contribution is -2.07. The molecule has 26 heavy (non-hydrogen) atoms. The summed E-state index contributed by atoms with van der Waals surface area (Å²) in [5.41, 5.74) is 4.01. The van der Waals surface area contributed by atoms with Crippen molar-refractivity contribution in [3.05, 3.63) is 70.3 Å². The lowest BCUT2D eigenvalue weighted by atomic mass is 9.90. The highest BCUT2D eigenvalue weighted by molar-refractivity contribution is 6.12. The molecule has 0 bridgehead atoms. The molecule has 1 atom stereocenters. The highest BCUT2D eigenvalue weighted by Crippen LogP contribution is 2.24. The van der Waals surface area contributed by atoms with E-state index in [-0.39, 0.29) is 5.78 Å². The number of carbonyl (C=O) groups excluding carboxylic acids is 2. The first-order valence-electron chi connectivity index (χ1n) is 9.83. The molecule has 0 aliphatic heterocycles. The predicted molar refractivity (Wildman–Crippen MR) is 108 cm³/mol. The number of hydrogen-bond acceptors (Lipinski definition) is 2. The van der Waals surface area contributed by atoms with Crippen molar-refractivity contribution in [1.82, 2.24) is 0 Å². The Morgan fingerprint density at radius 3 is 2.35 bits per heavy atom. The summed E-state index contributed by atoms with van der Waals surface area (Å²) < 4.78 is 0. The van der Waals surface area contributed by atoms with Crippen LogP contribution in [-0.2, 0) is 6.42 Å². The SMILES string of the molecule is CCCCCc1ccc(C(=O)c2cc(C(C)CCC)ccc2C=O)cc1. The van der Waals surface area contributed by atoms with Crippen molar-refractivity contribution in [1.29, 1.82) is 0 Å². The van der Waals surface area contributed by atoms with E-state index in [1.807, 2.05) is 36.4 Å². The summed E-state index contributed by atoms with van der Waals surface area (Å²) >= 11 is 0. The van der Waals surface area contributed by atoms with Crippen LogP contribution < -0.4 is 0 Å². The average molecular weight is 351 g/mol. The Morgan fingerprint density at radius 2 is 1.73 bits per heavy atom. The molecule has 0 N–H and O–H groups in total. The lowest BCUT2D eigenvalue weighted by Gasteiger charge is -2.13. The summed E-state index contributed by atoms with van der Waals surface area (Å²) in [5, 5.41) is 0. The van der Waals surface area contributed by atoms with Crippen LogP contribution in [0.15, 0.2) is 42.5 Å². The molecule has 0 heterocycles. The van der Waals surface area contributed by atoms with Crippen LogP contribution in [0.2, 0.25) is 0 Å². The van der Waals surface area contributed by atoms with Gasteiger partial charge in [-0.3, -0.25) is 9.59 Å². The summed E-state index contributed by atoms with van der Waals surface area (Å²) in [4.78, 5) is 24.4. The topological polar surface area (TPSA) is 34.1 Å². The molecule has 0 saturated carbocycles. The molecule has 2 aromatic rings. The molecule has 0 aromatic heterocycles. The van der Waals surface area contributed by atoms with Gasteiger partial charge in [0.15, 0.2) is 12.1 Å². The van der Waals surface area contributed by atoms with E-state index in [1.54, 1.807) is 6.07 Å². The molecular formula is C24H30O2. The number of rotatable bonds is 10. The van der Waals surface area contributed by atoms with Crippen LogP contribution in [0.25, 0.3) is 0 Å². The van der Waals surface area contributed by atoms with Gasteiger partial charge in [0.25, 0.3) is 0 Å². The molecule has 0 fully saturated rings. The van der Waals surface area contributed by atoms with E-state index < -0.39 is 0 Å². The van der Waals surface area contributed by atoms with Crippen LogP contribution >= 0.6 is 0 Å². The summed E-state index contributed by atoms with van der Waals surface area (Å²) in [6.07, 6.45) is 7.60. The Kier molecular flexibility index (Phi) is 7.77. The fraction of sp³-hybridized carbons (Fsp3) is 0.417. The smallest absolute Gasteiger partial charge is 0.193 e. The van der Waals surface area contributed by atoms with Gasteiger partial charge in [0.1, 0.15) is 0 Å². The van der Waals surface area contributed by atoms with Gasteiger partial charge in [-0.1, -0.05) is 76.4 Å². The Hall–Kier alpha value is -2.22. The van der Waals surface area contributed by atoms with Gasteiger partial charge in [0.2, 0.25) is 0 Å². The maximum atomic E-state index is 13.0. The zero-order valence-electron chi connectivity index (χ0n) is 16.3. The van der Waals surface area contributed by atoms with Crippen molar-refractivity contribution in [2.24, 2.45) is 0 Å². The maximum absolute atomic E-state index is 13.0. The molecular weight excluding hydrogens is 320 g/mol. The zero-order valence-corrected chi connectivity index (χ0v) is 16.3. The second-order valence-corrected chi connectivity index (χ2v) is 7.14. The first-order valence-corrected chi connectivity index (χ1v) is 9.83. The van der Waals surface area contributed by atoms with Crippen molar-refractivity contribution >= 4 is 12.1 Å². The fourth-order valence-corrected chi connectivity index (χ4v) is 3.34. The number of hydrogen-bond donors (Lipinski definition) is 0. The minimum atomic E-state index is -0.0715. The highest BCUT2D eigenvalue weighted by Gasteiger charge is 2.16. The van der Waals surface area contributed by atoms with Crippen LogP contribution in [0, 0.1) is 0 Å². The summed E-state index contributed by atoms with van der Waals surface area (Å²) in [5.74, 6) is 0.311. The number of aryl methyl sites for hydroxylation is 1. The van der Waals surface area contributed by atoms with Crippen LogP contribution in [0.3, 0.4) is 0 Å². The Balaban J connectivity index is 2.24. The minimum Gasteiger partial charge on any atom is -0.298 e. The van der Waals surface area contributed by atoms with E-state index in [1.165, 1.54) is 24.8 Å². The minimum absolute atomic E-state index is 0.0715. The number of benzene rings is 2. The molecule has 0 aliphatic carbocycles. The fourth-order valence-electron chi connectivity index (χ4n) is 3.34. The second-order valence-electron chi connectivity index (χ2n) is 7.14.